The minimum Gasteiger partial charge on any atom is -0.260 e. The predicted octanol–water partition coefficient (Wildman–Crippen LogP) is 10.9. The summed E-state index contributed by atoms with van der Waals surface area (Å²) in [5.74, 6) is 8.10. The molecule has 2 nitrogen and oxygen atoms in total. The highest BCUT2D eigenvalue weighted by atomic mass is 31.1. The molecule has 0 saturated heterocycles. The van der Waals surface area contributed by atoms with Crippen LogP contribution < -0.4 is 0 Å². The van der Waals surface area contributed by atoms with Gasteiger partial charge in [-0.15, -0.1) is 9.24 Å². The molecule has 0 aliphatic heterocycles. The SMILES string of the molecule is PC(c1ccccn1)(c1ccccn1)c1cc(-c2ccccc2)ccc1CP(C1C2CC3CC(C2)CC1C3)C1C2CC3CC(C2)CC1C3. The molecule has 8 aliphatic rings. The van der Waals surface area contributed by atoms with Gasteiger partial charge in [-0.2, -0.15) is 0 Å². The molecule has 2 aromatic carbocycles. The molecule has 4 heteroatoms. The first-order valence-electron chi connectivity index (χ1n) is 19.2. The van der Waals surface area contributed by atoms with Crippen LogP contribution in [0, 0.1) is 47.3 Å². The summed E-state index contributed by atoms with van der Waals surface area (Å²) in [7, 11) is 3.17. The van der Waals surface area contributed by atoms with E-state index in [9.17, 15) is 0 Å². The Morgan fingerprint density at radius 3 is 1.48 bits per heavy atom. The minimum atomic E-state index is -0.530. The second-order valence-electron chi connectivity index (χ2n) is 17.0. The van der Waals surface area contributed by atoms with E-state index < -0.39 is 5.16 Å². The highest BCUT2D eigenvalue weighted by Gasteiger charge is 2.57. The average molecular weight is 669 g/mol. The van der Waals surface area contributed by atoms with E-state index in [4.69, 9.17) is 9.97 Å². The Morgan fingerprint density at radius 2 is 1.02 bits per heavy atom. The molecule has 0 spiro atoms. The third-order valence-electron chi connectivity index (χ3n) is 14.3. The molecule has 48 heavy (non-hydrogen) atoms. The van der Waals surface area contributed by atoms with E-state index in [1.165, 1.54) is 22.9 Å². The largest absolute Gasteiger partial charge is 0.260 e. The third-order valence-corrected chi connectivity index (χ3v) is 19.1. The fourth-order valence-corrected chi connectivity index (χ4v) is 18.2. The van der Waals surface area contributed by atoms with Crippen LogP contribution in [0.4, 0.5) is 0 Å². The Balaban J connectivity index is 1.14. The fraction of sp³-hybridized carbons (Fsp3) is 0.500. The molecule has 2 aromatic heterocycles. The summed E-state index contributed by atoms with van der Waals surface area (Å²) in [5.41, 5.74) is 9.61. The molecule has 1 unspecified atom stereocenters. The zero-order chi connectivity index (χ0) is 31.8. The predicted molar refractivity (Wildman–Crippen MR) is 202 cm³/mol. The van der Waals surface area contributed by atoms with Crippen LogP contribution in [0.15, 0.2) is 97.3 Å². The molecule has 8 saturated carbocycles. The van der Waals surface area contributed by atoms with Crippen molar-refractivity contribution >= 4 is 17.2 Å². The lowest BCUT2D eigenvalue weighted by Crippen LogP contribution is -2.52. The van der Waals surface area contributed by atoms with Crippen molar-refractivity contribution in [3.8, 4) is 11.1 Å². The first-order chi connectivity index (χ1) is 23.6. The summed E-state index contributed by atoms with van der Waals surface area (Å²) in [4.78, 5) is 10.1. The summed E-state index contributed by atoms with van der Waals surface area (Å²) in [5, 5.41) is -0.530. The second kappa shape index (κ2) is 12.1. The topological polar surface area (TPSA) is 25.8 Å². The van der Waals surface area contributed by atoms with E-state index in [1.807, 2.05) is 24.5 Å². The molecule has 4 aromatic rings. The molecule has 0 amide bonds. The summed E-state index contributed by atoms with van der Waals surface area (Å²) in [6.07, 6.45) is 20.6. The first kappa shape index (κ1) is 30.4. The van der Waals surface area contributed by atoms with E-state index in [-0.39, 0.29) is 7.92 Å². The van der Waals surface area contributed by atoms with E-state index >= 15 is 0 Å². The number of pyridine rings is 2. The third kappa shape index (κ3) is 5.10. The molecule has 12 rings (SSSR count). The van der Waals surface area contributed by atoms with Crippen molar-refractivity contribution in [2.75, 3.05) is 0 Å². The standard InChI is InChI=1S/C44H50N2P2/c47-44(40-10-4-6-14-45-40,41-11-5-7-15-46-41)39-26-33(32-8-2-1-3-9-32)12-13-34(39)27-48(42-35-18-28-16-29(20-35)21-36(42)19-28)43-37-22-30-17-31(24-37)25-38(43)23-30/h1-15,26,28-31,35-38,42-43H,16-25,27,47H2. The van der Waals surface area contributed by atoms with Gasteiger partial charge in [-0.1, -0.05) is 62.5 Å². The molecular weight excluding hydrogens is 618 g/mol. The van der Waals surface area contributed by atoms with Crippen LogP contribution >= 0.6 is 17.2 Å². The maximum absolute atomic E-state index is 5.07. The highest BCUT2D eigenvalue weighted by Crippen LogP contribution is 2.72. The number of hydrogen-bond donors (Lipinski definition) is 0. The number of rotatable bonds is 8. The van der Waals surface area contributed by atoms with Gasteiger partial charge in [0.05, 0.1) is 16.5 Å². The van der Waals surface area contributed by atoms with Crippen molar-refractivity contribution in [1.29, 1.82) is 0 Å². The smallest absolute Gasteiger partial charge is 0.0936 e. The maximum Gasteiger partial charge on any atom is 0.0936 e. The van der Waals surface area contributed by atoms with Gasteiger partial charge in [0.15, 0.2) is 0 Å². The molecule has 0 radical (unpaired) electrons. The summed E-state index contributed by atoms with van der Waals surface area (Å²) < 4.78 is 0. The Hall–Kier alpha value is -2.40. The van der Waals surface area contributed by atoms with Crippen LogP contribution in [0.3, 0.4) is 0 Å². The van der Waals surface area contributed by atoms with Crippen LogP contribution in [-0.2, 0) is 11.3 Å². The number of aromatic nitrogens is 2. The van der Waals surface area contributed by atoms with Crippen molar-refractivity contribution < 1.29 is 0 Å². The van der Waals surface area contributed by atoms with Gasteiger partial charge in [-0.25, -0.2) is 0 Å². The van der Waals surface area contributed by atoms with E-state index in [2.05, 4.69) is 82.0 Å². The van der Waals surface area contributed by atoms with E-state index in [1.54, 1.807) is 69.8 Å². The van der Waals surface area contributed by atoms with Crippen molar-refractivity contribution in [1.82, 2.24) is 9.97 Å². The molecule has 8 bridgehead atoms. The van der Waals surface area contributed by atoms with Gasteiger partial charge < -0.3 is 0 Å². The number of nitrogens with zero attached hydrogens (tertiary/aromatic N) is 2. The van der Waals surface area contributed by atoms with Crippen molar-refractivity contribution in [2.45, 2.75) is 86.8 Å². The minimum absolute atomic E-state index is 0.152. The second-order valence-corrected chi connectivity index (χ2v) is 20.4. The van der Waals surface area contributed by atoms with Gasteiger partial charge >= 0.3 is 0 Å². The molecule has 2 heterocycles. The van der Waals surface area contributed by atoms with Crippen LogP contribution in [0.2, 0.25) is 0 Å². The number of benzene rings is 2. The van der Waals surface area contributed by atoms with Crippen molar-refractivity contribution in [2.24, 2.45) is 47.3 Å². The van der Waals surface area contributed by atoms with Crippen molar-refractivity contribution in [3.63, 3.8) is 0 Å². The van der Waals surface area contributed by atoms with Crippen LogP contribution in [-0.4, -0.2) is 21.3 Å². The van der Waals surface area contributed by atoms with Gasteiger partial charge in [0, 0.05) is 12.4 Å². The van der Waals surface area contributed by atoms with Gasteiger partial charge in [-0.05, 0) is 182 Å². The van der Waals surface area contributed by atoms with Crippen LogP contribution in [0.5, 0.6) is 0 Å². The molecule has 1 atom stereocenters. The fourth-order valence-electron chi connectivity index (χ4n) is 13.0. The first-order valence-corrected chi connectivity index (χ1v) is 21.4. The molecular formula is C44H50N2P2. The summed E-state index contributed by atoms with van der Waals surface area (Å²) in [6.45, 7) is 0. The summed E-state index contributed by atoms with van der Waals surface area (Å²) >= 11 is 0. The van der Waals surface area contributed by atoms with Gasteiger partial charge in [0.1, 0.15) is 0 Å². The van der Waals surface area contributed by atoms with Crippen molar-refractivity contribution in [3.05, 3.63) is 120 Å². The lowest BCUT2D eigenvalue weighted by Gasteiger charge is -2.62. The monoisotopic (exact) mass is 668 g/mol. The molecule has 0 N–H and O–H groups in total. The average Bonchev–Trinajstić information content (AvgIpc) is 3.11. The van der Waals surface area contributed by atoms with E-state index in [0.717, 1.165) is 70.0 Å². The Labute approximate surface area is 291 Å². The lowest BCUT2D eigenvalue weighted by atomic mass is 9.55. The van der Waals surface area contributed by atoms with Crippen LogP contribution in [0.1, 0.15) is 86.7 Å². The van der Waals surface area contributed by atoms with Gasteiger partial charge in [-0.3, -0.25) is 9.97 Å². The van der Waals surface area contributed by atoms with Gasteiger partial charge in [0.2, 0.25) is 0 Å². The quantitative estimate of drug-likeness (QED) is 0.175. The number of hydrogen-bond acceptors (Lipinski definition) is 2. The zero-order valence-corrected chi connectivity index (χ0v) is 30.3. The maximum atomic E-state index is 5.07. The molecule has 8 fully saturated rings. The molecule has 246 valence electrons. The Kier molecular flexibility index (Phi) is 7.69. The lowest BCUT2D eigenvalue weighted by molar-refractivity contribution is 0.0129. The Morgan fingerprint density at radius 1 is 0.542 bits per heavy atom. The normalized spacial score (nSPS) is 35.2. The van der Waals surface area contributed by atoms with E-state index in [0.29, 0.717) is 0 Å². The summed E-state index contributed by atoms with van der Waals surface area (Å²) in [6, 6.07) is 31.4. The zero-order valence-electron chi connectivity index (χ0n) is 28.2. The Bertz CT molecular complexity index is 1620. The molecule has 8 aliphatic carbocycles. The van der Waals surface area contributed by atoms with Crippen LogP contribution in [0.25, 0.3) is 11.1 Å². The highest BCUT2D eigenvalue weighted by molar-refractivity contribution is 7.58. The van der Waals surface area contributed by atoms with Gasteiger partial charge in [0.25, 0.3) is 0 Å².